The Balaban J connectivity index is 0.777. The number of rotatable bonds is 21. The highest BCUT2D eigenvalue weighted by Crippen LogP contribution is 2.57. The van der Waals surface area contributed by atoms with Gasteiger partial charge >= 0.3 is 5.97 Å². The number of fused-ring (bicyclic) bond motifs is 1. The fourth-order valence-electron chi connectivity index (χ4n) is 14.6. The van der Waals surface area contributed by atoms with E-state index in [2.05, 4.69) is 0 Å². The van der Waals surface area contributed by atoms with Gasteiger partial charge in [-0.15, -0.1) is 0 Å². The van der Waals surface area contributed by atoms with E-state index in [4.69, 9.17) is 61.6 Å². The van der Waals surface area contributed by atoms with E-state index in [-0.39, 0.29) is 55.9 Å². The monoisotopic (exact) mass is 1270 g/mol. The zero-order valence-electron chi connectivity index (χ0n) is 51.3. The van der Waals surface area contributed by atoms with Crippen molar-refractivity contribution >= 4 is 29.4 Å². The Bertz CT molecular complexity index is 2610. The Morgan fingerprint density at radius 2 is 1.28 bits per heavy atom. The Morgan fingerprint density at radius 1 is 0.674 bits per heavy atom. The van der Waals surface area contributed by atoms with E-state index in [1.165, 1.54) is 39.4 Å². The number of aliphatic hydroxyl groups excluding tert-OH is 9. The molecule has 3 aliphatic carbocycles. The summed E-state index contributed by atoms with van der Waals surface area (Å²) in [5.41, 5.74) is -3.37. The first-order valence-corrected chi connectivity index (χ1v) is 30.7. The molecule has 10 N–H and O–H groups in total. The van der Waals surface area contributed by atoms with Crippen molar-refractivity contribution in [1.29, 1.82) is 0 Å². The molecule has 1 aromatic rings. The predicted octanol–water partition coefficient (Wildman–Crippen LogP) is -0.816. The van der Waals surface area contributed by atoms with Crippen molar-refractivity contribution < 1.29 is 132 Å². The number of allylic oxidation sites excluding steroid dienone is 1. The van der Waals surface area contributed by atoms with Crippen molar-refractivity contribution in [3.8, 4) is 0 Å². The van der Waals surface area contributed by atoms with Crippen LogP contribution in [0.1, 0.15) is 98.5 Å². The van der Waals surface area contributed by atoms with Gasteiger partial charge in [-0.25, -0.2) is 4.79 Å². The molecule has 27 heteroatoms. The zero-order chi connectivity index (χ0) is 64.6. The molecule has 0 spiro atoms. The third-order valence-corrected chi connectivity index (χ3v) is 20.0. The van der Waals surface area contributed by atoms with Gasteiger partial charge in [0.1, 0.15) is 97.0 Å². The average Bonchev–Trinajstić information content (AvgIpc) is 1.32. The summed E-state index contributed by atoms with van der Waals surface area (Å²) >= 11 is 0. The smallest absolute Gasteiger partial charge is 0.331 e. The summed E-state index contributed by atoms with van der Waals surface area (Å²) in [5, 5.41) is 109. The van der Waals surface area contributed by atoms with Crippen LogP contribution in [0, 0.1) is 22.7 Å². The molecular formula is C62H90O27. The van der Waals surface area contributed by atoms with Crippen LogP contribution in [0.4, 0.5) is 0 Å². The maximum atomic E-state index is 14.1. The van der Waals surface area contributed by atoms with Crippen LogP contribution in [0.25, 0.3) is 6.08 Å². The first-order valence-electron chi connectivity index (χ1n) is 30.7. The van der Waals surface area contributed by atoms with E-state index in [9.17, 15) is 70.2 Å². The molecule has 5 heterocycles. The van der Waals surface area contributed by atoms with E-state index < -0.39 is 201 Å². The van der Waals surface area contributed by atoms with Gasteiger partial charge in [0.15, 0.2) is 37.2 Å². The second-order valence-corrected chi connectivity index (χ2v) is 25.5. The molecule has 2 saturated carbocycles. The van der Waals surface area contributed by atoms with E-state index in [0.717, 1.165) is 5.56 Å². The van der Waals surface area contributed by atoms with Gasteiger partial charge in [-0.3, -0.25) is 14.4 Å². The van der Waals surface area contributed by atoms with Crippen LogP contribution >= 0.6 is 0 Å². The second kappa shape index (κ2) is 28.9. The van der Waals surface area contributed by atoms with Gasteiger partial charge in [-0.05, 0) is 84.1 Å². The minimum Gasteiger partial charge on any atom is -0.458 e. The minimum absolute atomic E-state index is 0.0673. The van der Waals surface area contributed by atoms with Crippen LogP contribution in [0.2, 0.25) is 0 Å². The average molecular weight is 1270 g/mol. The third kappa shape index (κ3) is 14.2. The zero-order valence-corrected chi connectivity index (χ0v) is 51.3. The van der Waals surface area contributed by atoms with Gasteiger partial charge in [0, 0.05) is 63.2 Å². The molecule has 89 heavy (non-hydrogen) atoms. The number of carbonyl (C=O) groups is 4. The molecule has 30 unspecified atom stereocenters. The first-order chi connectivity index (χ1) is 42.2. The number of carbonyl (C=O) groups excluding carboxylic acids is 4. The second-order valence-electron chi connectivity index (χ2n) is 25.5. The minimum atomic E-state index is -1.90. The summed E-state index contributed by atoms with van der Waals surface area (Å²) in [6.45, 7) is 8.26. The van der Waals surface area contributed by atoms with Gasteiger partial charge in [0.05, 0.1) is 60.9 Å². The molecule has 0 aromatic heterocycles. The number of methoxy groups -OCH3 is 2. The van der Waals surface area contributed by atoms with Crippen molar-refractivity contribution in [2.75, 3.05) is 27.4 Å². The molecule has 0 radical (unpaired) electrons. The molecule has 5 aliphatic heterocycles. The third-order valence-electron chi connectivity index (χ3n) is 20.0. The molecule has 30 atom stereocenters. The van der Waals surface area contributed by atoms with Crippen molar-refractivity contribution in [3.05, 3.63) is 54.1 Å². The van der Waals surface area contributed by atoms with Gasteiger partial charge in [0.25, 0.3) is 0 Å². The molecule has 7 fully saturated rings. The predicted molar refractivity (Wildman–Crippen MR) is 303 cm³/mol. The number of ketones is 3. The van der Waals surface area contributed by atoms with E-state index >= 15 is 0 Å². The van der Waals surface area contributed by atoms with Crippen molar-refractivity contribution in [3.63, 3.8) is 0 Å². The lowest BCUT2D eigenvalue weighted by Crippen LogP contribution is -2.66. The number of ether oxygens (including phenoxy) is 13. The number of hydrogen-bond donors (Lipinski definition) is 10. The Kier molecular flexibility index (Phi) is 22.6. The van der Waals surface area contributed by atoms with Gasteiger partial charge in [-0.2, -0.15) is 0 Å². The first kappa shape index (κ1) is 69.6. The lowest BCUT2D eigenvalue weighted by molar-refractivity contribution is -0.384. The SMILES string of the molecule is COC1CC(OC2CCC3(C)C(CC(OC(=O)C=Cc4ccccc4)C4(C)C(=O)CCC4C(C)=O)C(=O)C=CC3(O)C2)OC(C)C1OC1CC(O)C(OC2OC(C)C(OC3OC(CO)C(OC4OC(CO)C(O)C(O)C4O)C(O)C3O)C(OC)C2O)C(C)O1. The quantitative estimate of drug-likeness (QED) is 0.0531. The van der Waals surface area contributed by atoms with Crippen LogP contribution in [0.3, 0.4) is 0 Å². The standard InChI is InChI=1S/C62H90O27/c1-28(65)34-15-16-41(68)61(34,6)42(85-43(69)17-14-32-12-10-9-11-13-32)22-35-36(66)19-21-62(76)25-33(18-20-60(35,62)5)82-45-24-38(77-7)53(30(3)80-45)86-44-23-37(67)52(29(2)79-44)87-59-51(75)56(78-8)54(31(4)81-59)88-58-50(74)48(72)55(40(27-64)84-58)89-57-49(73)47(71)46(70)39(26-63)83-57/h9-14,17,19,21,29-31,33-35,37-40,42,44-59,63-64,67,70-76H,15-16,18,20,22-27H2,1-8H3. The highest BCUT2D eigenvalue weighted by Gasteiger charge is 2.62. The maximum Gasteiger partial charge on any atom is 0.331 e. The normalized spacial score (nSPS) is 46.6. The van der Waals surface area contributed by atoms with Crippen LogP contribution in [0.5, 0.6) is 0 Å². The van der Waals surface area contributed by atoms with Crippen molar-refractivity contribution in [2.24, 2.45) is 22.7 Å². The lowest BCUT2D eigenvalue weighted by Gasteiger charge is -2.55. The number of Topliss-reactive ketones (excluding diaryl/α,β-unsaturated/α-hetero) is 2. The Labute approximate surface area is 516 Å². The molecular weight excluding hydrogens is 1180 g/mol. The summed E-state index contributed by atoms with van der Waals surface area (Å²) in [5.74, 6) is -3.15. The fourth-order valence-corrected chi connectivity index (χ4v) is 14.6. The molecule has 9 rings (SSSR count). The van der Waals surface area contributed by atoms with Crippen LogP contribution < -0.4 is 0 Å². The summed E-state index contributed by atoms with van der Waals surface area (Å²) < 4.78 is 78.7. The Hall–Kier alpha value is -3.70. The highest BCUT2D eigenvalue weighted by molar-refractivity contribution is 5.97. The van der Waals surface area contributed by atoms with E-state index in [1.54, 1.807) is 33.8 Å². The molecule has 1 aromatic carbocycles. The van der Waals surface area contributed by atoms with Crippen LogP contribution in [-0.4, -0.2) is 261 Å². The largest absolute Gasteiger partial charge is 0.458 e. The van der Waals surface area contributed by atoms with Crippen LogP contribution in [0.15, 0.2) is 48.6 Å². The summed E-state index contributed by atoms with van der Waals surface area (Å²) in [6.07, 6.45) is -25.4. The number of benzene rings is 1. The topological polar surface area (TPSA) is 391 Å². The molecule has 0 amide bonds. The fraction of sp³-hybridized carbons (Fsp3) is 0.774. The molecule has 0 bridgehead atoms. The molecule has 5 saturated heterocycles. The van der Waals surface area contributed by atoms with Crippen LogP contribution in [-0.2, 0) is 80.8 Å². The Morgan fingerprint density at radius 3 is 1.92 bits per heavy atom. The van der Waals surface area contributed by atoms with Gasteiger partial charge in [-0.1, -0.05) is 37.3 Å². The van der Waals surface area contributed by atoms with Crippen molar-refractivity contribution in [1.82, 2.24) is 0 Å². The lowest BCUT2D eigenvalue weighted by atomic mass is 9.52. The van der Waals surface area contributed by atoms with E-state index in [0.29, 0.717) is 12.8 Å². The number of aliphatic hydroxyl groups is 10. The number of esters is 1. The maximum absolute atomic E-state index is 14.1. The highest BCUT2D eigenvalue weighted by atomic mass is 16.8. The van der Waals surface area contributed by atoms with Gasteiger partial charge < -0.3 is 113 Å². The summed E-state index contributed by atoms with van der Waals surface area (Å²) in [6, 6.07) is 9.10. The number of hydrogen-bond acceptors (Lipinski definition) is 27. The molecule has 500 valence electrons. The summed E-state index contributed by atoms with van der Waals surface area (Å²) in [7, 11) is 2.79. The van der Waals surface area contributed by atoms with E-state index in [1.807, 2.05) is 37.3 Å². The van der Waals surface area contributed by atoms with Crippen molar-refractivity contribution in [2.45, 2.75) is 252 Å². The molecule has 27 nitrogen and oxygen atoms in total. The summed E-state index contributed by atoms with van der Waals surface area (Å²) in [4.78, 5) is 54.6. The molecule has 8 aliphatic rings. The van der Waals surface area contributed by atoms with Gasteiger partial charge in [0.2, 0.25) is 0 Å².